The molecule has 0 saturated carbocycles. The summed E-state index contributed by atoms with van der Waals surface area (Å²) >= 11 is 5.92. The number of rotatable bonds is 5. The number of benzene rings is 2. The molecule has 43 heavy (non-hydrogen) atoms. The van der Waals surface area contributed by atoms with Crippen LogP contribution in [0.5, 0.6) is 0 Å². The molecule has 3 heterocycles. The first-order valence-electron chi connectivity index (χ1n) is 12.8. The molecule has 2 aromatic carbocycles. The van der Waals surface area contributed by atoms with E-state index in [9.17, 15) is 37.5 Å². The van der Waals surface area contributed by atoms with Crippen molar-refractivity contribution in [1.29, 1.82) is 5.26 Å². The lowest BCUT2D eigenvalue weighted by Crippen LogP contribution is -2.59. The third-order valence-electron chi connectivity index (χ3n) is 7.61. The van der Waals surface area contributed by atoms with Gasteiger partial charge < -0.3 is 10.4 Å². The van der Waals surface area contributed by atoms with Crippen molar-refractivity contribution in [3.05, 3.63) is 99.0 Å². The van der Waals surface area contributed by atoms with E-state index in [0.717, 1.165) is 36.5 Å². The molecule has 2 amide bonds. The number of alkyl halides is 3. The fourth-order valence-corrected chi connectivity index (χ4v) is 5.48. The topological polar surface area (TPSA) is 118 Å². The molecule has 2 atom stereocenters. The smallest absolute Gasteiger partial charge is 0.416 e. The first-order valence-corrected chi connectivity index (χ1v) is 13.2. The van der Waals surface area contributed by atoms with Crippen molar-refractivity contribution in [1.82, 2.24) is 20.7 Å². The number of aromatic nitrogens is 1. The maximum atomic E-state index is 15.3. The number of carbonyl (C=O) groups excluding carboxylic acids is 2. The van der Waals surface area contributed by atoms with Gasteiger partial charge in [-0.25, -0.2) is 18.8 Å². The fourth-order valence-electron chi connectivity index (χ4n) is 5.33. The van der Waals surface area contributed by atoms with Crippen LogP contribution in [0.3, 0.4) is 0 Å². The predicted octanol–water partition coefficient (Wildman–Crippen LogP) is 5.49. The van der Waals surface area contributed by atoms with Gasteiger partial charge in [-0.2, -0.15) is 18.4 Å². The number of hydrogen-bond acceptors (Lipinski definition) is 6. The lowest BCUT2D eigenvalue weighted by Gasteiger charge is -2.39. The first-order chi connectivity index (χ1) is 20.3. The van der Waals surface area contributed by atoms with Gasteiger partial charge in [-0.3, -0.25) is 15.0 Å². The van der Waals surface area contributed by atoms with Gasteiger partial charge in [-0.1, -0.05) is 29.8 Å². The van der Waals surface area contributed by atoms with Gasteiger partial charge in [0.05, 0.1) is 22.7 Å². The average Bonchev–Trinajstić information content (AvgIpc) is 3.34. The summed E-state index contributed by atoms with van der Waals surface area (Å²) < 4.78 is 71.1. The minimum atomic E-state index is -4.83. The van der Waals surface area contributed by atoms with Crippen LogP contribution >= 0.6 is 11.6 Å². The van der Waals surface area contributed by atoms with Crippen molar-refractivity contribution < 1.29 is 36.6 Å². The number of amides is 2. The molecule has 0 aliphatic carbocycles. The van der Waals surface area contributed by atoms with Crippen molar-refractivity contribution >= 4 is 23.4 Å². The van der Waals surface area contributed by atoms with Crippen LogP contribution in [-0.4, -0.2) is 39.0 Å². The SMILES string of the molecule is C[C@]12CCCN1NC(=O)C(C(=O)NC(c1ccc(C(F)(F)F)cc1-c1cnc(Cl)c(C#N)c1)c1cccc(F)c1F)=C2O. The number of nitrogens with one attached hydrogen (secondary N) is 2. The number of nitrogens with zero attached hydrogens (tertiary/aromatic N) is 3. The molecule has 8 nitrogen and oxygen atoms in total. The summed E-state index contributed by atoms with van der Waals surface area (Å²) in [5.74, 6) is -5.41. The van der Waals surface area contributed by atoms with Gasteiger partial charge in [0.15, 0.2) is 11.6 Å². The second-order valence-electron chi connectivity index (χ2n) is 10.2. The Balaban J connectivity index is 1.71. The Kier molecular flexibility index (Phi) is 7.62. The third kappa shape index (κ3) is 5.28. The molecule has 2 aliphatic rings. The predicted molar refractivity (Wildman–Crippen MR) is 143 cm³/mol. The van der Waals surface area contributed by atoms with Crippen LogP contribution in [0.4, 0.5) is 22.0 Å². The minimum absolute atomic E-state index is 0.0512. The van der Waals surface area contributed by atoms with Crippen LogP contribution in [0.25, 0.3) is 11.1 Å². The summed E-state index contributed by atoms with van der Waals surface area (Å²) in [5, 5.41) is 24.1. The van der Waals surface area contributed by atoms with Gasteiger partial charge in [0, 0.05) is 23.9 Å². The van der Waals surface area contributed by atoms with Gasteiger partial charge in [0.25, 0.3) is 11.8 Å². The van der Waals surface area contributed by atoms with Crippen molar-refractivity contribution in [3.8, 4) is 17.2 Å². The number of hydrogen-bond donors (Lipinski definition) is 3. The summed E-state index contributed by atoms with van der Waals surface area (Å²) in [7, 11) is 0. The molecule has 0 spiro atoms. The Morgan fingerprint density at radius 3 is 2.67 bits per heavy atom. The van der Waals surface area contributed by atoms with E-state index in [0.29, 0.717) is 31.5 Å². The Bertz CT molecular complexity index is 1740. The molecule has 2 aliphatic heterocycles. The number of aliphatic hydroxyl groups excluding tert-OH is 1. The van der Waals surface area contributed by atoms with Crippen LogP contribution in [0.15, 0.2) is 60.0 Å². The summed E-state index contributed by atoms with van der Waals surface area (Å²) in [5.41, 5.74) is -1.50. The standard InChI is InChI=1S/C29H21ClF5N5O3/c1-28-8-3-9-40(28)39-27(43)21(24(28)41)26(42)38-23(18-4-2-5-20(31)22(18)32)17-7-6-16(29(33,34)35)11-19(17)15-10-14(12-36)25(30)37-13-15/h2,4-7,10-11,13,23,41H,3,8-9H2,1H3,(H,38,42)(H,39,43)/t23?,28-/m1/s1. The zero-order valence-electron chi connectivity index (χ0n) is 22.2. The second-order valence-corrected chi connectivity index (χ2v) is 10.6. The van der Waals surface area contributed by atoms with E-state index < -0.39 is 63.7 Å². The molecule has 14 heteroatoms. The van der Waals surface area contributed by atoms with Crippen LogP contribution in [0, 0.1) is 23.0 Å². The van der Waals surface area contributed by atoms with Gasteiger partial charge in [-0.15, -0.1) is 0 Å². The molecular weight excluding hydrogens is 597 g/mol. The van der Waals surface area contributed by atoms with E-state index >= 15 is 4.39 Å². The maximum absolute atomic E-state index is 15.3. The number of halogens is 6. The Labute approximate surface area is 246 Å². The lowest BCUT2D eigenvalue weighted by molar-refractivity contribution is -0.137. The summed E-state index contributed by atoms with van der Waals surface area (Å²) in [6.45, 7) is 2.02. The average molecular weight is 618 g/mol. The molecule has 1 unspecified atom stereocenters. The van der Waals surface area contributed by atoms with Gasteiger partial charge >= 0.3 is 6.18 Å². The number of hydrazine groups is 1. The molecule has 1 saturated heterocycles. The second kappa shape index (κ2) is 10.9. The monoisotopic (exact) mass is 617 g/mol. The summed E-state index contributed by atoms with van der Waals surface area (Å²) in [4.78, 5) is 30.4. The highest BCUT2D eigenvalue weighted by molar-refractivity contribution is 6.30. The molecule has 3 N–H and O–H groups in total. The molecule has 1 aromatic heterocycles. The Morgan fingerprint density at radius 2 is 1.98 bits per heavy atom. The van der Waals surface area contributed by atoms with E-state index in [4.69, 9.17) is 11.6 Å². The molecule has 222 valence electrons. The fraction of sp³-hybridized carbons (Fsp3) is 0.241. The largest absolute Gasteiger partial charge is 0.509 e. The van der Waals surface area contributed by atoms with Gasteiger partial charge in [0.2, 0.25) is 0 Å². The third-order valence-corrected chi connectivity index (χ3v) is 7.91. The molecule has 5 rings (SSSR count). The quantitative estimate of drug-likeness (QED) is 0.198. The number of pyridine rings is 1. The Morgan fingerprint density at radius 1 is 1.23 bits per heavy atom. The number of aliphatic hydroxyl groups is 1. The van der Waals surface area contributed by atoms with Gasteiger partial charge in [0.1, 0.15) is 22.6 Å². The first kappa shape index (κ1) is 29.9. The van der Waals surface area contributed by atoms with Crippen LogP contribution in [-0.2, 0) is 15.8 Å². The van der Waals surface area contributed by atoms with Crippen molar-refractivity contribution in [2.75, 3.05) is 6.54 Å². The highest BCUT2D eigenvalue weighted by Crippen LogP contribution is 2.40. The molecule has 3 aromatic rings. The van der Waals surface area contributed by atoms with E-state index in [-0.39, 0.29) is 27.4 Å². The summed E-state index contributed by atoms with van der Waals surface area (Å²) in [6, 6.07) is 6.66. The van der Waals surface area contributed by atoms with Crippen LogP contribution < -0.4 is 10.7 Å². The van der Waals surface area contributed by atoms with Crippen molar-refractivity contribution in [2.45, 2.75) is 37.5 Å². The van der Waals surface area contributed by atoms with Crippen molar-refractivity contribution in [2.24, 2.45) is 0 Å². The molecule has 0 bridgehead atoms. The minimum Gasteiger partial charge on any atom is -0.509 e. The van der Waals surface area contributed by atoms with Crippen LogP contribution in [0.2, 0.25) is 5.15 Å². The van der Waals surface area contributed by atoms with Crippen LogP contribution in [0.1, 0.15) is 48.1 Å². The zero-order chi connectivity index (χ0) is 31.3. The summed E-state index contributed by atoms with van der Waals surface area (Å²) in [6.07, 6.45) is -2.75. The highest BCUT2D eigenvalue weighted by atomic mass is 35.5. The molecular formula is C29H21ClF5N5O3. The molecule has 1 fully saturated rings. The van der Waals surface area contributed by atoms with Crippen molar-refractivity contribution in [3.63, 3.8) is 0 Å². The normalized spacial score (nSPS) is 19.4. The Hall–Kier alpha value is -4.54. The number of nitriles is 1. The lowest BCUT2D eigenvalue weighted by atomic mass is 9.88. The van der Waals surface area contributed by atoms with E-state index in [1.165, 1.54) is 5.01 Å². The van der Waals surface area contributed by atoms with Gasteiger partial charge in [-0.05, 0) is 55.2 Å². The number of carbonyl (C=O) groups is 2. The maximum Gasteiger partial charge on any atom is 0.416 e. The van der Waals surface area contributed by atoms with E-state index in [1.54, 1.807) is 13.0 Å². The zero-order valence-corrected chi connectivity index (χ0v) is 22.9. The number of fused-ring (bicyclic) bond motifs is 1. The molecule has 0 radical (unpaired) electrons. The highest BCUT2D eigenvalue weighted by Gasteiger charge is 2.49. The van der Waals surface area contributed by atoms with E-state index in [2.05, 4.69) is 15.7 Å². The van der Waals surface area contributed by atoms with E-state index in [1.807, 2.05) is 0 Å².